The third kappa shape index (κ3) is 3.02. The largest absolute Gasteiger partial charge is 0.409 e. The van der Waals surface area contributed by atoms with Gasteiger partial charge in [0.15, 0.2) is 5.84 Å². The van der Waals surface area contributed by atoms with Crippen LogP contribution < -0.4 is 11.3 Å². The first kappa shape index (κ1) is 14.6. The van der Waals surface area contributed by atoms with Crippen molar-refractivity contribution in [3.05, 3.63) is 67.5 Å². The molecule has 2 aromatic rings. The van der Waals surface area contributed by atoms with Crippen LogP contribution in [0.4, 0.5) is 0 Å². The minimum Gasteiger partial charge on any atom is -0.409 e. The summed E-state index contributed by atoms with van der Waals surface area (Å²) in [5.41, 5.74) is 6.06. The number of nitrogens with zero attached hydrogens (tertiary/aromatic N) is 2. The summed E-state index contributed by atoms with van der Waals surface area (Å²) in [6.07, 6.45) is 1.62. The molecule has 5 nitrogen and oxygen atoms in total. The maximum Gasteiger partial charge on any atom is 0.261 e. The van der Waals surface area contributed by atoms with E-state index < -0.39 is 0 Å². The van der Waals surface area contributed by atoms with Crippen LogP contribution >= 0.6 is 27.5 Å². The van der Waals surface area contributed by atoms with Crippen LogP contribution in [0.2, 0.25) is 5.02 Å². The first-order valence-electron chi connectivity index (χ1n) is 5.64. The molecule has 104 valence electrons. The summed E-state index contributed by atoms with van der Waals surface area (Å²) in [6.45, 7) is 0.303. The van der Waals surface area contributed by atoms with Crippen molar-refractivity contribution in [1.29, 1.82) is 0 Å². The summed E-state index contributed by atoms with van der Waals surface area (Å²) in [5.74, 6) is -0.216. The first-order valence-corrected chi connectivity index (χ1v) is 6.81. The van der Waals surface area contributed by atoms with Crippen molar-refractivity contribution in [1.82, 2.24) is 4.57 Å². The molecule has 0 atom stereocenters. The fourth-order valence-electron chi connectivity index (χ4n) is 1.74. The fraction of sp³-hybridized carbons (Fsp3) is 0.0769. The van der Waals surface area contributed by atoms with E-state index in [0.717, 1.165) is 10.0 Å². The predicted molar refractivity (Wildman–Crippen MR) is 81.5 cm³/mol. The van der Waals surface area contributed by atoms with Crippen molar-refractivity contribution in [2.45, 2.75) is 6.54 Å². The van der Waals surface area contributed by atoms with E-state index in [-0.39, 0.29) is 17.0 Å². The van der Waals surface area contributed by atoms with Gasteiger partial charge in [-0.25, -0.2) is 0 Å². The van der Waals surface area contributed by atoms with Gasteiger partial charge in [0.05, 0.1) is 12.1 Å². The molecule has 0 bridgehead atoms. The molecule has 1 aromatic carbocycles. The lowest BCUT2D eigenvalue weighted by Gasteiger charge is -2.09. The Kier molecular flexibility index (Phi) is 4.46. The lowest BCUT2D eigenvalue weighted by molar-refractivity contribution is 0.318. The van der Waals surface area contributed by atoms with Gasteiger partial charge < -0.3 is 15.5 Å². The number of amidine groups is 1. The van der Waals surface area contributed by atoms with Crippen molar-refractivity contribution in [2.75, 3.05) is 0 Å². The number of oxime groups is 1. The predicted octanol–water partition coefficient (Wildman–Crippen LogP) is 2.41. The lowest BCUT2D eigenvalue weighted by atomic mass is 10.2. The summed E-state index contributed by atoms with van der Waals surface area (Å²) in [4.78, 5) is 12.2. The van der Waals surface area contributed by atoms with Gasteiger partial charge in [0.25, 0.3) is 5.56 Å². The zero-order valence-corrected chi connectivity index (χ0v) is 12.6. The number of halogens is 2. The molecule has 0 saturated carbocycles. The normalized spacial score (nSPS) is 11.6. The highest BCUT2D eigenvalue weighted by atomic mass is 79.9. The third-order valence-corrected chi connectivity index (χ3v) is 3.60. The highest BCUT2D eigenvalue weighted by Gasteiger charge is 2.09. The van der Waals surface area contributed by atoms with Gasteiger partial charge in [0.2, 0.25) is 0 Å². The molecule has 0 aliphatic rings. The number of hydrogen-bond donors (Lipinski definition) is 2. The van der Waals surface area contributed by atoms with Gasteiger partial charge in [0, 0.05) is 15.7 Å². The van der Waals surface area contributed by atoms with Crippen LogP contribution in [-0.4, -0.2) is 15.6 Å². The summed E-state index contributed by atoms with van der Waals surface area (Å²) < 4.78 is 2.31. The van der Waals surface area contributed by atoms with Gasteiger partial charge in [-0.3, -0.25) is 4.79 Å². The molecule has 0 radical (unpaired) electrons. The molecule has 7 heteroatoms. The van der Waals surface area contributed by atoms with Gasteiger partial charge in [-0.1, -0.05) is 38.8 Å². The molecule has 0 fully saturated rings. The van der Waals surface area contributed by atoms with Crippen molar-refractivity contribution in [3.63, 3.8) is 0 Å². The van der Waals surface area contributed by atoms with Gasteiger partial charge in [0.1, 0.15) is 0 Å². The van der Waals surface area contributed by atoms with Crippen molar-refractivity contribution >= 4 is 33.4 Å². The van der Waals surface area contributed by atoms with Gasteiger partial charge in [-0.05, 0) is 29.8 Å². The van der Waals surface area contributed by atoms with Crippen LogP contribution in [0.25, 0.3) is 0 Å². The second kappa shape index (κ2) is 6.11. The molecule has 0 unspecified atom stereocenters. The standard InChI is InChI=1S/C13H11BrClN3O2/c14-9-4-3-8(11(15)6-9)7-18-5-1-2-10(13(18)19)12(16)17-20/h1-6,20H,7H2,(H2,16,17). The molecule has 20 heavy (non-hydrogen) atoms. The monoisotopic (exact) mass is 355 g/mol. The smallest absolute Gasteiger partial charge is 0.261 e. The molecule has 1 heterocycles. The molecule has 3 N–H and O–H groups in total. The average molecular weight is 357 g/mol. The number of hydrogen-bond acceptors (Lipinski definition) is 3. The quantitative estimate of drug-likeness (QED) is 0.383. The molecule has 1 aromatic heterocycles. The summed E-state index contributed by atoms with van der Waals surface area (Å²) in [7, 11) is 0. The zero-order valence-electron chi connectivity index (χ0n) is 10.3. The molecule has 2 rings (SSSR count). The second-order valence-corrected chi connectivity index (χ2v) is 5.40. The van der Waals surface area contributed by atoms with E-state index in [2.05, 4.69) is 21.1 Å². The van der Waals surface area contributed by atoms with Crippen LogP contribution in [0.1, 0.15) is 11.1 Å². The molecule has 0 aliphatic carbocycles. The first-order chi connectivity index (χ1) is 9.52. The molecule has 0 aliphatic heterocycles. The Hall–Kier alpha value is -1.79. The van der Waals surface area contributed by atoms with E-state index in [0.29, 0.717) is 11.6 Å². The van der Waals surface area contributed by atoms with E-state index in [1.807, 2.05) is 12.1 Å². The van der Waals surface area contributed by atoms with Crippen molar-refractivity contribution in [3.8, 4) is 0 Å². The number of benzene rings is 1. The summed E-state index contributed by atoms with van der Waals surface area (Å²) >= 11 is 9.45. The Morgan fingerprint density at radius 3 is 2.85 bits per heavy atom. The maximum absolute atomic E-state index is 12.2. The number of nitrogens with two attached hydrogens (primary N) is 1. The molecule has 0 spiro atoms. The van der Waals surface area contributed by atoms with Crippen LogP contribution in [0, 0.1) is 0 Å². The van der Waals surface area contributed by atoms with E-state index >= 15 is 0 Å². The van der Waals surface area contributed by atoms with Gasteiger partial charge in [-0.15, -0.1) is 0 Å². The molecule has 0 saturated heterocycles. The topological polar surface area (TPSA) is 80.6 Å². The van der Waals surface area contributed by atoms with E-state index in [4.69, 9.17) is 22.5 Å². The van der Waals surface area contributed by atoms with Crippen molar-refractivity contribution < 1.29 is 5.21 Å². The van der Waals surface area contributed by atoms with E-state index in [9.17, 15) is 4.79 Å². The molecule has 0 amide bonds. The molecular formula is C13H11BrClN3O2. The van der Waals surface area contributed by atoms with E-state index in [1.54, 1.807) is 18.3 Å². The van der Waals surface area contributed by atoms with Crippen LogP contribution in [-0.2, 0) is 6.54 Å². The summed E-state index contributed by atoms with van der Waals surface area (Å²) in [6, 6.07) is 8.59. The Balaban J connectivity index is 2.42. The van der Waals surface area contributed by atoms with Crippen LogP contribution in [0.15, 0.2) is 51.0 Å². The van der Waals surface area contributed by atoms with Crippen LogP contribution in [0.5, 0.6) is 0 Å². The Morgan fingerprint density at radius 1 is 1.45 bits per heavy atom. The van der Waals surface area contributed by atoms with Gasteiger partial charge >= 0.3 is 0 Å². The lowest BCUT2D eigenvalue weighted by Crippen LogP contribution is -2.29. The molecular weight excluding hydrogens is 346 g/mol. The van der Waals surface area contributed by atoms with E-state index in [1.165, 1.54) is 10.6 Å². The highest BCUT2D eigenvalue weighted by Crippen LogP contribution is 2.21. The van der Waals surface area contributed by atoms with Crippen molar-refractivity contribution in [2.24, 2.45) is 10.9 Å². The Labute approximate surface area is 128 Å². The SMILES string of the molecule is N/C(=N/O)c1cccn(Cc2ccc(Br)cc2Cl)c1=O. The second-order valence-electron chi connectivity index (χ2n) is 4.08. The highest BCUT2D eigenvalue weighted by molar-refractivity contribution is 9.10. The number of pyridine rings is 1. The fourth-order valence-corrected chi connectivity index (χ4v) is 2.48. The maximum atomic E-state index is 12.2. The number of aromatic nitrogens is 1. The Morgan fingerprint density at radius 2 is 2.20 bits per heavy atom. The Bertz CT molecular complexity index is 728. The minimum absolute atomic E-state index is 0.142. The van der Waals surface area contributed by atoms with Gasteiger partial charge in [-0.2, -0.15) is 0 Å². The summed E-state index contributed by atoms with van der Waals surface area (Å²) in [5, 5.41) is 12.1. The zero-order chi connectivity index (χ0) is 14.7. The van der Waals surface area contributed by atoms with Crippen LogP contribution in [0.3, 0.4) is 0 Å². The average Bonchev–Trinajstić information content (AvgIpc) is 2.43. The number of rotatable bonds is 3. The third-order valence-electron chi connectivity index (χ3n) is 2.76. The minimum atomic E-state index is -0.346.